The lowest BCUT2D eigenvalue weighted by atomic mass is 10.4. The summed E-state index contributed by atoms with van der Waals surface area (Å²) in [5.74, 6) is 0. The number of oxazole rings is 1. The SMILES string of the molecule is O=c1c(Br)cccc2ncoc12. The van der Waals surface area contributed by atoms with Crippen LogP contribution in [-0.4, -0.2) is 4.98 Å². The predicted octanol–water partition coefficient (Wildman–Crippen LogP) is 1.95. The highest BCUT2D eigenvalue weighted by Gasteiger charge is 2.02. The highest BCUT2D eigenvalue weighted by atomic mass is 79.9. The maximum Gasteiger partial charge on any atom is 0.237 e. The van der Waals surface area contributed by atoms with Crippen LogP contribution in [0.3, 0.4) is 0 Å². The van der Waals surface area contributed by atoms with E-state index in [9.17, 15) is 4.79 Å². The molecule has 2 aromatic rings. The summed E-state index contributed by atoms with van der Waals surface area (Å²) in [7, 11) is 0. The van der Waals surface area contributed by atoms with E-state index >= 15 is 0 Å². The molecule has 0 bridgehead atoms. The molecule has 0 amide bonds. The molecule has 0 aliphatic rings. The van der Waals surface area contributed by atoms with Gasteiger partial charge in [-0.15, -0.1) is 0 Å². The van der Waals surface area contributed by atoms with Crippen molar-refractivity contribution in [2.45, 2.75) is 0 Å². The molecule has 12 heavy (non-hydrogen) atoms. The van der Waals surface area contributed by atoms with E-state index < -0.39 is 0 Å². The number of aromatic nitrogens is 1. The van der Waals surface area contributed by atoms with Gasteiger partial charge in [0.25, 0.3) is 0 Å². The molecule has 0 spiro atoms. The zero-order chi connectivity index (χ0) is 8.55. The summed E-state index contributed by atoms with van der Waals surface area (Å²) in [6.07, 6.45) is 1.26. The second-order valence-electron chi connectivity index (χ2n) is 2.27. The van der Waals surface area contributed by atoms with Gasteiger partial charge in [0, 0.05) is 0 Å². The quantitative estimate of drug-likeness (QED) is 0.689. The average Bonchev–Trinajstić information content (AvgIpc) is 2.46. The molecule has 0 unspecified atom stereocenters. The van der Waals surface area contributed by atoms with Crippen molar-refractivity contribution in [2.24, 2.45) is 0 Å². The van der Waals surface area contributed by atoms with Crippen molar-refractivity contribution >= 4 is 27.0 Å². The minimum Gasteiger partial charge on any atom is -0.439 e. The van der Waals surface area contributed by atoms with E-state index in [1.807, 2.05) is 0 Å². The number of halogens is 1. The van der Waals surface area contributed by atoms with E-state index in [0.29, 0.717) is 9.99 Å². The van der Waals surface area contributed by atoms with E-state index in [-0.39, 0.29) is 11.0 Å². The lowest BCUT2D eigenvalue weighted by Crippen LogP contribution is -1.95. The number of hydrogen-bond donors (Lipinski definition) is 0. The topological polar surface area (TPSA) is 43.1 Å². The third kappa shape index (κ3) is 1.04. The normalized spacial score (nSPS) is 10.4. The highest BCUT2D eigenvalue weighted by Crippen LogP contribution is 2.09. The molecular formula is C8H4BrNO2. The summed E-state index contributed by atoms with van der Waals surface area (Å²) in [5.41, 5.74) is 0.685. The van der Waals surface area contributed by atoms with Crippen molar-refractivity contribution < 1.29 is 4.42 Å². The molecule has 1 heterocycles. The Morgan fingerprint density at radius 1 is 1.42 bits per heavy atom. The van der Waals surface area contributed by atoms with Gasteiger partial charge in [0.1, 0.15) is 5.52 Å². The van der Waals surface area contributed by atoms with Gasteiger partial charge in [-0.1, -0.05) is 6.07 Å². The lowest BCUT2D eigenvalue weighted by Gasteiger charge is -1.76. The first-order chi connectivity index (χ1) is 5.79. The molecule has 0 fully saturated rings. The Morgan fingerprint density at radius 2 is 2.25 bits per heavy atom. The van der Waals surface area contributed by atoms with Crippen molar-refractivity contribution in [3.05, 3.63) is 39.3 Å². The third-order valence-corrected chi connectivity index (χ3v) is 2.14. The summed E-state index contributed by atoms with van der Waals surface area (Å²) >= 11 is 3.13. The van der Waals surface area contributed by atoms with Gasteiger partial charge in [-0.2, -0.15) is 0 Å². The first-order valence-electron chi connectivity index (χ1n) is 3.31. The Bertz CT molecular complexity index is 478. The molecule has 0 aliphatic carbocycles. The minimum atomic E-state index is -0.174. The summed E-state index contributed by atoms with van der Waals surface area (Å²) in [5, 5.41) is 0. The third-order valence-electron chi connectivity index (χ3n) is 1.51. The van der Waals surface area contributed by atoms with Crippen LogP contribution in [0.15, 0.2) is 38.3 Å². The van der Waals surface area contributed by atoms with Gasteiger partial charge in [0.05, 0.1) is 4.47 Å². The van der Waals surface area contributed by atoms with Crippen molar-refractivity contribution in [1.29, 1.82) is 0 Å². The summed E-state index contributed by atoms with van der Waals surface area (Å²) in [6, 6.07) is 5.14. The lowest BCUT2D eigenvalue weighted by molar-refractivity contribution is 0.599. The average molecular weight is 226 g/mol. The minimum absolute atomic E-state index is 0.174. The van der Waals surface area contributed by atoms with Crippen molar-refractivity contribution in [2.75, 3.05) is 0 Å². The van der Waals surface area contributed by atoms with Gasteiger partial charge < -0.3 is 4.42 Å². The van der Waals surface area contributed by atoms with E-state index in [1.165, 1.54) is 6.39 Å². The molecule has 0 saturated heterocycles. The molecule has 0 radical (unpaired) electrons. The van der Waals surface area contributed by atoms with Gasteiger partial charge in [0.15, 0.2) is 6.39 Å². The van der Waals surface area contributed by atoms with Gasteiger partial charge >= 0.3 is 0 Å². The molecule has 0 atom stereocenters. The fourth-order valence-corrected chi connectivity index (χ4v) is 1.28. The van der Waals surface area contributed by atoms with Gasteiger partial charge in [-0.25, -0.2) is 4.98 Å². The fraction of sp³-hybridized carbons (Fsp3) is 0. The fourth-order valence-electron chi connectivity index (χ4n) is 0.951. The molecule has 60 valence electrons. The highest BCUT2D eigenvalue weighted by molar-refractivity contribution is 9.10. The molecular weight excluding hydrogens is 222 g/mol. The van der Waals surface area contributed by atoms with E-state index in [2.05, 4.69) is 20.9 Å². The molecule has 0 aliphatic heterocycles. The van der Waals surface area contributed by atoms with Crippen LogP contribution >= 0.6 is 15.9 Å². The van der Waals surface area contributed by atoms with Crippen molar-refractivity contribution in [3.63, 3.8) is 0 Å². The van der Waals surface area contributed by atoms with Crippen LogP contribution in [0.5, 0.6) is 0 Å². The molecule has 0 saturated carbocycles. The Kier molecular flexibility index (Phi) is 1.69. The molecule has 3 nitrogen and oxygen atoms in total. The molecule has 4 heteroatoms. The molecule has 0 N–H and O–H groups in total. The first-order valence-corrected chi connectivity index (χ1v) is 4.10. The van der Waals surface area contributed by atoms with Crippen molar-refractivity contribution in [1.82, 2.24) is 4.98 Å². The second kappa shape index (κ2) is 2.71. The number of rotatable bonds is 0. The molecule has 2 rings (SSSR count). The van der Waals surface area contributed by atoms with Gasteiger partial charge in [0.2, 0.25) is 11.0 Å². The Hall–Kier alpha value is -1.16. The predicted molar refractivity (Wildman–Crippen MR) is 48.0 cm³/mol. The van der Waals surface area contributed by atoms with E-state index in [1.54, 1.807) is 18.2 Å². The Balaban J connectivity index is 3.08. The smallest absolute Gasteiger partial charge is 0.237 e. The summed E-state index contributed by atoms with van der Waals surface area (Å²) < 4.78 is 5.42. The number of fused-ring (bicyclic) bond motifs is 1. The first kappa shape index (κ1) is 7.49. The Labute approximate surface area is 76.2 Å². The monoisotopic (exact) mass is 225 g/mol. The van der Waals surface area contributed by atoms with Crippen LogP contribution in [0.1, 0.15) is 0 Å². The van der Waals surface area contributed by atoms with Crippen LogP contribution in [0.2, 0.25) is 0 Å². The standard InChI is InChI=1S/C8H4BrNO2/c9-5-2-1-3-6-8(7(5)11)12-4-10-6/h1-4H. The molecule has 1 aromatic heterocycles. The van der Waals surface area contributed by atoms with Crippen LogP contribution in [-0.2, 0) is 0 Å². The summed E-state index contributed by atoms with van der Waals surface area (Å²) in [6.45, 7) is 0. The zero-order valence-corrected chi connectivity index (χ0v) is 7.54. The maximum absolute atomic E-state index is 11.4. The largest absolute Gasteiger partial charge is 0.439 e. The Morgan fingerprint density at radius 3 is 3.08 bits per heavy atom. The van der Waals surface area contributed by atoms with Crippen molar-refractivity contribution in [3.8, 4) is 0 Å². The van der Waals surface area contributed by atoms with Gasteiger partial charge in [-0.3, -0.25) is 4.79 Å². The van der Waals surface area contributed by atoms with Crippen LogP contribution in [0.4, 0.5) is 0 Å². The van der Waals surface area contributed by atoms with Crippen LogP contribution in [0.25, 0.3) is 11.1 Å². The summed E-state index contributed by atoms with van der Waals surface area (Å²) in [4.78, 5) is 15.3. The van der Waals surface area contributed by atoms with E-state index in [4.69, 9.17) is 4.42 Å². The number of hydrogen-bond acceptors (Lipinski definition) is 3. The zero-order valence-electron chi connectivity index (χ0n) is 5.95. The molecule has 1 aromatic carbocycles. The van der Waals surface area contributed by atoms with Crippen LogP contribution < -0.4 is 5.43 Å². The second-order valence-corrected chi connectivity index (χ2v) is 3.12. The van der Waals surface area contributed by atoms with E-state index in [0.717, 1.165) is 0 Å². The number of nitrogens with zero attached hydrogens (tertiary/aromatic N) is 1. The van der Waals surface area contributed by atoms with Gasteiger partial charge in [-0.05, 0) is 28.1 Å². The van der Waals surface area contributed by atoms with Crippen LogP contribution in [0, 0.1) is 0 Å². The maximum atomic E-state index is 11.4.